The van der Waals surface area contributed by atoms with E-state index < -0.39 is 23.6 Å². The molecule has 0 N–H and O–H groups in total. The molecule has 25 heavy (non-hydrogen) atoms. The second kappa shape index (κ2) is 5.06. The fraction of sp³-hybridized carbons (Fsp3) is 0.235. The van der Waals surface area contributed by atoms with E-state index in [1.54, 1.807) is 29.2 Å². The smallest absolute Gasteiger partial charge is 0.279 e. The molecule has 3 aliphatic rings. The van der Waals surface area contributed by atoms with E-state index in [0.29, 0.717) is 18.5 Å². The van der Waals surface area contributed by atoms with Gasteiger partial charge in [0.25, 0.3) is 5.91 Å². The van der Waals surface area contributed by atoms with Crippen LogP contribution in [0.1, 0.15) is 25.0 Å². The molecule has 0 radical (unpaired) electrons. The first kappa shape index (κ1) is 14.5. The fourth-order valence-electron chi connectivity index (χ4n) is 3.81. The number of amides is 1. The summed E-state index contributed by atoms with van der Waals surface area (Å²) < 4.78 is 3.94. The van der Waals surface area contributed by atoms with Crippen molar-refractivity contribution in [3.8, 4) is 5.69 Å². The van der Waals surface area contributed by atoms with Crippen molar-refractivity contribution >= 4 is 22.2 Å². The number of rotatable bonds is 2. The van der Waals surface area contributed by atoms with Crippen LogP contribution in [0.3, 0.4) is 0 Å². The Balaban J connectivity index is 1.77. The molecule has 2 bridgehead atoms. The molecule has 5 heterocycles. The number of benzene rings is 1. The third-order valence-electron chi connectivity index (χ3n) is 4.86. The zero-order valence-electron chi connectivity index (χ0n) is 13.1. The summed E-state index contributed by atoms with van der Waals surface area (Å²) in [7, 11) is 0. The van der Waals surface area contributed by atoms with Gasteiger partial charge >= 0.3 is 11.4 Å². The standard InChI is InChI=1S/C17H14N4O3S/c22-15-12-8-9-13(19(15)14-7-4-10-25-14)21-17(24)18(16(23)20(12)21)11-5-2-1-3-6-11/h1-7,10,12-13H,8-9H2. The highest BCUT2D eigenvalue weighted by Gasteiger charge is 2.48. The van der Waals surface area contributed by atoms with Crippen LogP contribution in [0, 0.1) is 0 Å². The predicted octanol–water partition coefficient (Wildman–Crippen LogP) is 1.74. The lowest BCUT2D eigenvalue weighted by Crippen LogP contribution is -2.57. The maximum Gasteiger partial charge on any atom is 0.353 e. The number of fused-ring (bicyclic) bond motifs is 2. The Hall–Kier alpha value is -2.87. The highest BCUT2D eigenvalue weighted by molar-refractivity contribution is 7.14. The lowest BCUT2D eigenvalue weighted by atomic mass is 10.00. The summed E-state index contributed by atoms with van der Waals surface area (Å²) in [5.74, 6) is -0.119. The zero-order chi connectivity index (χ0) is 17.1. The van der Waals surface area contributed by atoms with E-state index in [2.05, 4.69) is 0 Å². The van der Waals surface area contributed by atoms with Crippen LogP contribution in [-0.2, 0) is 4.79 Å². The minimum Gasteiger partial charge on any atom is -0.279 e. The molecule has 126 valence electrons. The average Bonchev–Trinajstić information content (AvgIpc) is 3.24. The van der Waals surface area contributed by atoms with Crippen LogP contribution < -0.4 is 16.3 Å². The predicted molar refractivity (Wildman–Crippen MR) is 93.4 cm³/mol. The van der Waals surface area contributed by atoms with Crippen molar-refractivity contribution in [2.45, 2.75) is 25.0 Å². The topological polar surface area (TPSA) is 69.2 Å². The number of para-hydroxylation sites is 1. The molecule has 2 unspecified atom stereocenters. The Labute approximate surface area is 145 Å². The van der Waals surface area contributed by atoms with Crippen molar-refractivity contribution in [1.29, 1.82) is 0 Å². The van der Waals surface area contributed by atoms with Gasteiger partial charge in [-0.3, -0.25) is 9.69 Å². The number of aromatic nitrogens is 3. The lowest BCUT2D eigenvalue weighted by Gasteiger charge is -2.44. The van der Waals surface area contributed by atoms with Gasteiger partial charge in [-0.2, -0.15) is 0 Å². The highest BCUT2D eigenvalue weighted by atomic mass is 32.1. The Morgan fingerprint density at radius 2 is 1.64 bits per heavy atom. The molecule has 0 spiro atoms. The molecule has 1 fully saturated rings. The molecule has 1 aromatic carbocycles. The van der Waals surface area contributed by atoms with Crippen LogP contribution in [0.5, 0.6) is 0 Å². The second-order valence-electron chi connectivity index (χ2n) is 6.16. The summed E-state index contributed by atoms with van der Waals surface area (Å²) in [4.78, 5) is 40.5. The Morgan fingerprint density at radius 1 is 0.880 bits per heavy atom. The van der Waals surface area contributed by atoms with Crippen molar-refractivity contribution in [1.82, 2.24) is 13.9 Å². The summed E-state index contributed by atoms with van der Waals surface area (Å²) >= 11 is 1.46. The maximum atomic E-state index is 13.0. The van der Waals surface area contributed by atoms with Crippen molar-refractivity contribution in [2.75, 3.05) is 4.90 Å². The average molecular weight is 354 g/mol. The summed E-state index contributed by atoms with van der Waals surface area (Å²) in [5.41, 5.74) is -0.341. The van der Waals surface area contributed by atoms with Crippen molar-refractivity contribution < 1.29 is 4.79 Å². The van der Waals surface area contributed by atoms with E-state index in [1.165, 1.54) is 20.7 Å². The number of piperidine rings is 1. The SMILES string of the molecule is O=C1C2CCC(N1c1cccs1)n1c(=O)n(-c3ccccc3)c(=O)n12. The van der Waals surface area contributed by atoms with Gasteiger partial charge in [0.2, 0.25) is 0 Å². The van der Waals surface area contributed by atoms with Crippen LogP contribution in [0.25, 0.3) is 5.69 Å². The number of carbonyl (C=O) groups is 1. The molecule has 3 aliphatic heterocycles. The van der Waals surface area contributed by atoms with Gasteiger partial charge in [0.15, 0.2) is 0 Å². The van der Waals surface area contributed by atoms with Crippen LogP contribution in [-0.4, -0.2) is 19.8 Å². The number of nitrogens with zero attached hydrogens (tertiary/aromatic N) is 4. The molecule has 2 aromatic heterocycles. The third kappa shape index (κ3) is 1.82. The second-order valence-corrected chi connectivity index (χ2v) is 7.08. The van der Waals surface area contributed by atoms with E-state index in [0.717, 1.165) is 9.57 Å². The van der Waals surface area contributed by atoms with E-state index >= 15 is 0 Å². The first-order chi connectivity index (χ1) is 12.2. The van der Waals surface area contributed by atoms with Gasteiger partial charge in [0, 0.05) is 0 Å². The highest BCUT2D eigenvalue weighted by Crippen LogP contribution is 2.41. The summed E-state index contributed by atoms with van der Waals surface area (Å²) in [6.07, 6.45) is 0.775. The normalized spacial score (nSPS) is 21.6. The van der Waals surface area contributed by atoms with Gasteiger partial charge in [0.05, 0.1) is 10.7 Å². The monoisotopic (exact) mass is 354 g/mol. The maximum absolute atomic E-state index is 13.0. The molecule has 3 aromatic rings. The first-order valence-corrected chi connectivity index (χ1v) is 8.94. The number of anilines is 1. The minimum absolute atomic E-state index is 0.119. The third-order valence-corrected chi connectivity index (χ3v) is 5.73. The Kier molecular flexibility index (Phi) is 2.93. The van der Waals surface area contributed by atoms with E-state index in [4.69, 9.17) is 0 Å². The summed E-state index contributed by atoms with van der Waals surface area (Å²) in [6, 6.07) is 11.9. The van der Waals surface area contributed by atoms with Crippen LogP contribution >= 0.6 is 11.3 Å². The first-order valence-electron chi connectivity index (χ1n) is 8.06. The van der Waals surface area contributed by atoms with E-state index in [9.17, 15) is 14.4 Å². The molecule has 7 nitrogen and oxygen atoms in total. The quantitative estimate of drug-likeness (QED) is 0.704. The van der Waals surface area contributed by atoms with Gasteiger partial charge < -0.3 is 0 Å². The van der Waals surface area contributed by atoms with E-state index in [-0.39, 0.29) is 5.91 Å². The minimum atomic E-state index is -0.628. The molecule has 0 aliphatic carbocycles. The van der Waals surface area contributed by atoms with Crippen LogP contribution in [0.2, 0.25) is 0 Å². The summed E-state index contributed by atoms with van der Waals surface area (Å²) in [5, 5.41) is 2.70. The Bertz CT molecular complexity index is 1080. The molecule has 8 heteroatoms. The molecule has 1 saturated heterocycles. The molecule has 6 rings (SSSR count). The number of carbonyl (C=O) groups excluding carboxylic acids is 1. The van der Waals surface area contributed by atoms with Gasteiger partial charge in [-0.05, 0) is 42.5 Å². The van der Waals surface area contributed by atoms with Gasteiger partial charge in [-0.15, -0.1) is 11.3 Å². The fourth-order valence-corrected chi connectivity index (χ4v) is 4.59. The zero-order valence-corrected chi connectivity index (χ0v) is 13.9. The number of thiophene rings is 1. The molecule has 1 amide bonds. The van der Waals surface area contributed by atoms with Crippen LogP contribution in [0.4, 0.5) is 5.00 Å². The Morgan fingerprint density at radius 3 is 2.36 bits per heavy atom. The molecule has 0 saturated carbocycles. The number of hydrogen-bond acceptors (Lipinski definition) is 4. The van der Waals surface area contributed by atoms with E-state index in [1.807, 2.05) is 23.6 Å². The van der Waals surface area contributed by atoms with Crippen LogP contribution in [0.15, 0.2) is 57.4 Å². The van der Waals surface area contributed by atoms with Gasteiger partial charge in [0.1, 0.15) is 12.2 Å². The van der Waals surface area contributed by atoms with Gasteiger partial charge in [-0.25, -0.2) is 23.5 Å². The van der Waals surface area contributed by atoms with Gasteiger partial charge in [-0.1, -0.05) is 18.2 Å². The molecular formula is C17H14N4O3S. The molecular weight excluding hydrogens is 340 g/mol. The largest absolute Gasteiger partial charge is 0.353 e. The molecule has 2 atom stereocenters. The lowest BCUT2D eigenvalue weighted by molar-refractivity contribution is -0.128. The van der Waals surface area contributed by atoms with Crippen molar-refractivity contribution in [3.05, 3.63) is 68.8 Å². The van der Waals surface area contributed by atoms with Crippen molar-refractivity contribution in [2.24, 2.45) is 0 Å². The summed E-state index contributed by atoms with van der Waals surface area (Å²) in [6.45, 7) is 0. The number of hydrogen-bond donors (Lipinski definition) is 0. The van der Waals surface area contributed by atoms with Crippen molar-refractivity contribution in [3.63, 3.8) is 0 Å².